The number of H-pyrrole nitrogens is 2. The predicted octanol–water partition coefficient (Wildman–Crippen LogP) is 0.283. The number of Topliss-reactive ketones (excluding diaryl/α,β-unsaturated/α-hetero) is 1. The molecule has 0 bridgehead atoms. The Labute approximate surface area is 276 Å². The highest BCUT2D eigenvalue weighted by atomic mass is 32.2. The smallest absolute Gasteiger partial charge is 0.327 e. The highest BCUT2D eigenvalue weighted by Crippen LogP contribution is 2.48. The third kappa shape index (κ3) is 9.80. The number of carbonyl (C=O) groups is 5. The van der Waals surface area contributed by atoms with Gasteiger partial charge in [-0.1, -0.05) is 6.42 Å². The number of hydrogen-bond acceptors (Lipinski definition) is 13. The Morgan fingerprint density at radius 2 is 1.19 bits per heavy atom. The number of ketones is 1. The van der Waals surface area contributed by atoms with Gasteiger partial charge >= 0.3 is 23.1 Å². The average Bonchev–Trinajstić information content (AvgIpc) is 3.01. The van der Waals surface area contributed by atoms with E-state index in [1.807, 2.05) is 0 Å². The molecule has 256 valence electrons. The van der Waals surface area contributed by atoms with Gasteiger partial charge in [0.15, 0.2) is 0 Å². The largest absolute Gasteiger partial charge is 0.480 e. The van der Waals surface area contributed by atoms with E-state index in [1.54, 1.807) is 0 Å². The van der Waals surface area contributed by atoms with E-state index in [4.69, 9.17) is 9.47 Å². The minimum atomic E-state index is -1.29. The van der Waals surface area contributed by atoms with Crippen LogP contribution >= 0.6 is 23.5 Å². The Morgan fingerprint density at radius 3 is 1.51 bits per heavy atom. The van der Waals surface area contributed by atoms with Gasteiger partial charge in [0.25, 0.3) is 11.8 Å². The first kappa shape index (κ1) is 37.1. The Bertz CT molecular complexity index is 1490. The van der Waals surface area contributed by atoms with Crippen LogP contribution in [-0.2, 0) is 24.0 Å². The number of thioether (sulfide) groups is 2. The molecule has 1 aliphatic rings. The van der Waals surface area contributed by atoms with E-state index in [1.165, 1.54) is 40.5 Å². The molecule has 6 atom stereocenters. The number of nitrogens with zero attached hydrogens (tertiary/aromatic N) is 2. The number of aromatic nitrogens is 4. The van der Waals surface area contributed by atoms with Crippen molar-refractivity contribution in [1.82, 2.24) is 30.6 Å². The normalized spacial score (nSPS) is 18.7. The zero-order valence-corrected chi connectivity index (χ0v) is 27.6. The molecule has 6 unspecified atom stereocenters. The molecule has 0 radical (unpaired) electrons. The van der Waals surface area contributed by atoms with Crippen molar-refractivity contribution in [2.45, 2.75) is 55.7 Å². The molecule has 19 heteroatoms. The standard InChI is InChI=1S/C28H36N6O11S2/c1-12(35)31-18(27(40)41)10-46-21(16-8-29-23(38)25(33-16)44-3)14-6-5-7-15(20(14)37)22(17-9-30-24(39)26(34-17)45-4)47-11-19(28(42)43)32-13(2)36/h8-9,14-15,18-19,21-22H,5-7,10-11H2,1-4H3,(H,29,38)(H,30,39)(H,31,35)(H,32,36)(H,40,41)(H,42,43). The number of nitrogens with one attached hydrogen (secondary N) is 4. The summed E-state index contributed by atoms with van der Waals surface area (Å²) in [5, 5.41) is 22.5. The van der Waals surface area contributed by atoms with Crippen LogP contribution in [0.4, 0.5) is 0 Å². The summed E-state index contributed by atoms with van der Waals surface area (Å²) in [7, 11) is 2.50. The van der Waals surface area contributed by atoms with E-state index in [2.05, 4.69) is 30.6 Å². The summed E-state index contributed by atoms with van der Waals surface area (Å²) < 4.78 is 10.2. The summed E-state index contributed by atoms with van der Waals surface area (Å²) in [4.78, 5) is 99.6. The van der Waals surface area contributed by atoms with Gasteiger partial charge < -0.3 is 40.3 Å². The number of aliphatic carboxylic acids is 2. The maximum absolute atomic E-state index is 14.4. The summed E-state index contributed by atoms with van der Waals surface area (Å²) in [5.74, 6) is -6.36. The molecule has 2 aromatic rings. The van der Waals surface area contributed by atoms with Crippen LogP contribution in [0.25, 0.3) is 0 Å². The Kier molecular flexibility index (Phi) is 13.4. The van der Waals surface area contributed by atoms with Crippen LogP contribution in [0, 0.1) is 11.8 Å². The van der Waals surface area contributed by atoms with Crippen molar-refractivity contribution >= 4 is 53.1 Å². The molecule has 17 nitrogen and oxygen atoms in total. The summed E-state index contributed by atoms with van der Waals surface area (Å²) in [6.45, 7) is 2.36. The fourth-order valence-corrected chi connectivity index (χ4v) is 7.98. The molecule has 2 heterocycles. The van der Waals surface area contributed by atoms with E-state index >= 15 is 0 Å². The van der Waals surface area contributed by atoms with Gasteiger partial charge in [0, 0.05) is 49.6 Å². The quantitative estimate of drug-likeness (QED) is 0.138. The molecule has 2 aromatic heterocycles. The zero-order chi connectivity index (χ0) is 34.8. The van der Waals surface area contributed by atoms with E-state index in [-0.39, 0.29) is 40.4 Å². The molecule has 1 fully saturated rings. The monoisotopic (exact) mass is 696 g/mol. The number of carbonyl (C=O) groups excluding carboxylic acids is 3. The summed E-state index contributed by atoms with van der Waals surface area (Å²) in [6.07, 6.45) is 3.87. The van der Waals surface area contributed by atoms with E-state index in [0.717, 1.165) is 23.5 Å². The van der Waals surface area contributed by atoms with Gasteiger partial charge in [-0.2, -0.15) is 0 Å². The lowest BCUT2D eigenvalue weighted by molar-refractivity contribution is -0.141. The van der Waals surface area contributed by atoms with Gasteiger partial charge in [-0.15, -0.1) is 23.5 Å². The Hall–Kier alpha value is -4.39. The number of hydrogen-bond donors (Lipinski definition) is 6. The summed E-state index contributed by atoms with van der Waals surface area (Å²) in [6, 6.07) is -2.58. The third-order valence-corrected chi connectivity index (χ3v) is 10.2. The fraction of sp³-hybridized carbons (Fsp3) is 0.536. The van der Waals surface area contributed by atoms with Crippen molar-refractivity contribution in [3.63, 3.8) is 0 Å². The molecule has 0 spiro atoms. The molecule has 2 amide bonds. The van der Waals surface area contributed by atoms with Gasteiger partial charge in [0.2, 0.25) is 11.8 Å². The van der Waals surface area contributed by atoms with Gasteiger partial charge in [-0.05, 0) is 12.8 Å². The van der Waals surface area contributed by atoms with Gasteiger partial charge in [0.05, 0.1) is 36.1 Å². The second kappa shape index (κ2) is 17.0. The zero-order valence-electron chi connectivity index (χ0n) is 25.9. The minimum absolute atomic E-state index is 0.148. The van der Waals surface area contributed by atoms with Gasteiger partial charge in [-0.25, -0.2) is 19.6 Å². The van der Waals surface area contributed by atoms with Crippen LogP contribution in [0.5, 0.6) is 11.8 Å². The first-order chi connectivity index (χ1) is 22.3. The van der Waals surface area contributed by atoms with Crippen LogP contribution in [-0.4, -0.2) is 97.5 Å². The molecular weight excluding hydrogens is 660 g/mol. The molecule has 3 rings (SSSR count). The summed E-state index contributed by atoms with van der Waals surface area (Å²) in [5.41, 5.74) is -0.753. The van der Waals surface area contributed by atoms with Crippen molar-refractivity contribution in [2.24, 2.45) is 11.8 Å². The van der Waals surface area contributed by atoms with Crippen molar-refractivity contribution < 1.29 is 43.7 Å². The number of ether oxygens (including phenoxy) is 2. The highest BCUT2D eigenvalue weighted by molar-refractivity contribution is 7.99. The average molecular weight is 697 g/mol. The predicted molar refractivity (Wildman–Crippen MR) is 170 cm³/mol. The second-order valence-corrected chi connectivity index (χ2v) is 12.9. The number of aromatic amines is 2. The lowest BCUT2D eigenvalue weighted by atomic mass is 9.76. The van der Waals surface area contributed by atoms with Crippen molar-refractivity contribution in [1.29, 1.82) is 0 Å². The van der Waals surface area contributed by atoms with Crippen LogP contribution in [0.2, 0.25) is 0 Å². The van der Waals surface area contributed by atoms with Crippen molar-refractivity contribution in [3.05, 3.63) is 44.5 Å². The second-order valence-electron chi connectivity index (χ2n) is 10.6. The molecular formula is C28H36N6O11S2. The molecule has 1 saturated carbocycles. The number of rotatable bonds is 16. The summed E-state index contributed by atoms with van der Waals surface area (Å²) >= 11 is 2.13. The highest BCUT2D eigenvalue weighted by Gasteiger charge is 2.43. The molecule has 0 aromatic carbocycles. The van der Waals surface area contributed by atoms with Crippen LogP contribution in [0.1, 0.15) is 55.0 Å². The van der Waals surface area contributed by atoms with Gasteiger partial charge in [0.1, 0.15) is 17.9 Å². The first-order valence-corrected chi connectivity index (χ1v) is 16.4. The van der Waals surface area contributed by atoms with E-state index in [0.29, 0.717) is 19.3 Å². The third-order valence-electron chi connectivity index (χ3n) is 7.25. The van der Waals surface area contributed by atoms with Crippen molar-refractivity contribution in [2.75, 3.05) is 25.7 Å². The van der Waals surface area contributed by atoms with E-state index < -0.39 is 69.3 Å². The number of carboxylic acids is 2. The lowest BCUT2D eigenvalue weighted by Crippen LogP contribution is -2.42. The Morgan fingerprint density at radius 1 is 0.809 bits per heavy atom. The fourth-order valence-electron chi connectivity index (χ4n) is 5.14. The van der Waals surface area contributed by atoms with Crippen LogP contribution in [0.3, 0.4) is 0 Å². The van der Waals surface area contributed by atoms with E-state index in [9.17, 15) is 43.8 Å². The molecule has 0 aliphatic heterocycles. The maximum atomic E-state index is 14.4. The topological polar surface area (TPSA) is 260 Å². The molecule has 6 N–H and O–H groups in total. The molecule has 47 heavy (non-hydrogen) atoms. The first-order valence-electron chi connectivity index (χ1n) is 14.3. The Balaban J connectivity index is 2.05. The minimum Gasteiger partial charge on any atom is -0.480 e. The lowest BCUT2D eigenvalue weighted by Gasteiger charge is -2.36. The number of amides is 2. The molecule has 0 saturated heterocycles. The number of carboxylic acid groups (broad SMARTS) is 2. The maximum Gasteiger partial charge on any atom is 0.327 e. The number of methoxy groups -OCH3 is 2. The van der Waals surface area contributed by atoms with Crippen molar-refractivity contribution in [3.8, 4) is 11.8 Å². The SMILES string of the molecule is COc1nc(C(SCC(NC(C)=O)C(=O)O)C2CCCC(C(SCC(NC(C)=O)C(=O)O)c3c[nH]c(=O)c(OC)n3)C2=O)c[nH]c1=O. The van der Waals surface area contributed by atoms with Crippen LogP contribution < -0.4 is 31.2 Å². The molecule has 1 aliphatic carbocycles. The van der Waals surface area contributed by atoms with Crippen LogP contribution in [0.15, 0.2) is 22.0 Å². The van der Waals surface area contributed by atoms with Gasteiger partial charge in [-0.3, -0.25) is 24.0 Å².